The van der Waals surface area contributed by atoms with Gasteiger partial charge in [0.15, 0.2) is 0 Å². The second kappa shape index (κ2) is 5.43. The van der Waals surface area contributed by atoms with Gasteiger partial charge in [0.2, 0.25) is 0 Å². The van der Waals surface area contributed by atoms with Crippen LogP contribution in [0.2, 0.25) is 5.02 Å². The minimum Gasteiger partial charge on any atom is -0.491 e. The number of hydrogen-bond donors (Lipinski definition) is 1. The molecule has 0 spiro atoms. The number of halogens is 2. The lowest BCUT2D eigenvalue weighted by Crippen LogP contribution is -2.25. The van der Waals surface area contributed by atoms with E-state index in [9.17, 15) is 4.39 Å². The van der Waals surface area contributed by atoms with Crippen LogP contribution < -0.4 is 10.1 Å². The molecule has 1 heterocycles. The lowest BCUT2D eigenvalue weighted by Gasteiger charge is -2.19. The number of benzene rings is 2. The van der Waals surface area contributed by atoms with Crippen molar-refractivity contribution in [1.29, 1.82) is 0 Å². The molecule has 0 bridgehead atoms. The maximum atomic E-state index is 13.2. The average Bonchev–Trinajstić information content (AvgIpc) is 2.85. The van der Waals surface area contributed by atoms with Gasteiger partial charge >= 0.3 is 0 Å². The quantitative estimate of drug-likeness (QED) is 0.912. The monoisotopic (exact) mass is 291 g/mol. The molecule has 1 aliphatic heterocycles. The normalized spacial score (nSPS) is 18.4. The van der Waals surface area contributed by atoms with Crippen LogP contribution in [0.5, 0.6) is 5.75 Å². The first kappa shape index (κ1) is 13.4. The third-order valence-electron chi connectivity index (χ3n) is 3.59. The maximum absolute atomic E-state index is 13.2. The van der Waals surface area contributed by atoms with Crippen LogP contribution in [0.4, 0.5) is 4.39 Å². The molecule has 0 aliphatic carbocycles. The first-order chi connectivity index (χ1) is 9.65. The summed E-state index contributed by atoms with van der Waals surface area (Å²) < 4.78 is 18.8. The van der Waals surface area contributed by atoms with Crippen LogP contribution in [-0.2, 0) is 0 Å². The van der Waals surface area contributed by atoms with Crippen LogP contribution in [0.25, 0.3) is 0 Å². The van der Waals surface area contributed by atoms with Gasteiger partial charge in [-0.25, -0.2) is 4.39 Å². The second-order valence-corrected chi connectivity index (χ2v) is 5.37. The molecule has 0 saturated carbocycles. The molecule has 3 rings (SSSR count). The van der Waals surface area contributed by atoms with Gasteiger partial charge in [-0.3, -0.25) is 0 Å². The Labute approximate surface area is 122 Å². The van der Waals surface area contributed by atoms with E-state index in [0.717, 1.165) is 16.9 Å². The van der Waals surface area contributed by atoms with Crippen molar-refractivity contribution in [2.75, 3.05) is 6.61 Å². The van der Waals surface area contributed by atoms with Crippen molar-refractivity contribution in [2.24, 2.45) is 0 Å². The number of fused-ring (bicyclic) bond motifs is 1. The molecule has 0 fully saturated rings. The van der Waals surface area contributed by atoms with Gasteiger partial charge in [0, 0.05) is 11.6 Å². The van der Waals surface area contributed by atoms with Crippen molar-refractivity contribution in [1.82, 2.24) is 5.32 Å². The van der Waals surface area contributed by atoms with Crippen molar-refractivity contribution in [2.45, 2.75) is 19.0 Å². The van der Waals surface area contributed by atoms with Gasteiger partial charge < -0.3 is 10.1 Å². The number of ether oxygens (including phenoxy) is 1. The van der Waals surface area contributed by atoms with Crippen LogP contribution in [0.1, 0.15) is 30.1 Å². The van der Waals surface area contributed by atoms with Gasteiger partial charge in [-0.1, -0.05) is 35.9 Å². The van der Waals surface area contributed by atoms with Gasteiger partial charge in [-0.15, -0.1) is 0 Å². The van der Waals surface area contributed by atoms with Crippen molar-refractivity contribution in [3.05, 3.63) is 64.4 Å². The van der Waals surface area contributed by atoms with Crippen LogP contribution in [-0.4, -0.2) is 6.61 Å². The van der Waals surface area contributed by atoms with E-state index in [1.165, 1.54) is 6.07 Å². The summed E-state index contributed by atoms with van der Waals surface area (Å²) in [5.74, 6) is 0.534. The summed E-state index contributed by atoms with van der Waals surface area (Å²) in [5, 5.41) is 3.64. The summed E-state index contributed by atoms with van der Waals surface area (Å²) in [4.78, 5) is 0. The molecule has 20 heavy (non-hydrogen) atoms. The van der Waals surface area contributed by atoms with E-state index in [0.29, 0.717) is 6.61 Å². The SMILES string of the molecule is CC(NC1COc2ccccc21)c1ccc(F)c(Cl)c1. The molecule has 2 atom stereocenters. The number of nitrogens with one attached hydrogen (secondary N) is 1. The van der Waals surface area contributed by atoms with Gasteiger partial charge in [0.25, 0.3) is 0 Å². The molecule has 2 unspecified atom stereocenters. The van der Waals surface area contributed by atoms with E-state index >= 15 is 0 Å². The van der Waals surface area contributed by atoms with Gasteiger partial charge in [0.1, 0.15) is 18.2 Å². The van der Waals surface area contributed by atoms with E-state index in [1.807, 2.05) is 25.1 Å². The lowest BCUT2D eigenvalue weighted by atomic mass is 10.0. The molecule has 1 aliphatic rings. The first-order valence-corrected chi connectivity index (χ1v) is 6.95. The molecule has 2 nitrogen and oxygen atoms in total. The number of para-hydroxylation sites is 1. The summed E-state index contributed by atoms with van der Waals surface area (Å²) in [7, 11) is 0. The zero-order valence-corrected chi connectivity index (χ0v) is 11.8. The lowest BCUT2D eigenvalue weighted by molar-refractivity contribution is 0.301. The molecule has 2 aromatic rings. The summed E-state index contributed by atoms with van der Waals surface area (Å²) in [6.07, 6.45) is 0. The molecular weight excluding hydrogens is 277 g/mol. The molecular formula is C16H15ClFNO. The minimum atomic E-state index is -0.392. The van der Waals surface area contributed by atoms with Crippen LogP contribution >= 0.6 is 11.6 Å². The molecule has 0 saturated heterocycles. The highest BCUT2D eigenvalue weighted by atomic mass is 35.5. The largest absolute Gasteiger partial charge is 0.491 e. The van der Waals surface area contributed by atoms with Crippen molar-refractivity contribution >= 4 is 11.6 Å². The molecule has 104 valence electrons. The summed E-state index contributed by atoms with van der Waals surface area (Å²) in [5.41, 5.74) is 2.12. The maximum Gasteiger partial charge on any atom is 0.141 e. The fraction of sp³-hybridized carbons (Fsp3) is 0.250. The molecule has 0 radical (unpaired) electrons. The van der Waals surface area contributed by atoms with E-state index in [-0.39, 0.29) is 17.1 Å². The van der Waals surface area contributed by atoms with Gasteiger partial charge in [-0.2, -0.15) is 0 Å². The van der Waals surface area contributed by atoms with Crippen molar-refractivity contribution in [3.8, 4) is 5.75 Å². The Morgan fingerprint density at radius 3 is 2.90 bits per heavy atom. The topological polar surface area (TPSA) is 21.3 Å². The Bertz CT molecular complexity index is 632. The predicted octanol–water partition coefficient (Wildman–Crippen LogP) is 4.26. The van der Waals surface area contributed by atoms with Crippen molar-refractivity contribution < 1.29 is 9.13 Å². The summed E-state index contributed by atoms with van der Waals surface area (Å²) in [6, 6.07) is 13.0. The zero-order valence-electron chi connectivity index (χ0n) is 11.1. The Balaban J connectivity index is 1.77. The fourth-order valence-corrected chi connectivity index (χ4v) is 2.67. The van der Waals surface area contributed by atoms with Crippen molar-refractivity contribution in [3.63, 3.8) is 0 Å². The average molecular weight is 292 g/mol. The van der Waals surface area contributed by atoms with Crippen LogP contribution in [0, 0.1) is 5.82 Å². The van der Waals surface area contributed by atoms with E-state index in [4.69, 9.17) is 16.3 Å². The highest BCUT2D eigenvalue weighted by Crippen LogP contribution is 2.33. The summed E-state index contributed by atoms with van der Waals surface area (Å²) in [6.45, 7) is 2.64. The third kappa shape index (κ3) is 2.51. The Kier molecular flexibility index (Phi) is 3.64. The van der Waals surface area contributed by atoms with Gasteiger partial charge in [-0.05, 0) is 30.7 Å². The zero-order chi connectivity index (χ0) is 14.1. The Hall–Kier alpha value is -1.58. The highest BCUT2D eigenvalue weighted by molar-refractivity contribution is 6.30. The Morgan fingerprint density at radius 2 is 2.10 bits per heavy atom. The fourth-order valence-electron chi connectivity index (χ4n) is 2.48. The third-order valence-corrected chi connectivity index (χ3v) is 3.88. The molecule has 4 heteroatoms. The van der Waals surface area contributed by atoms with Crippen LogP contribution in [0.3, 0.4) is 0 Å². The minimum absolute atomic E-state index is 0.0628. The molecule has 2 aromatic carbocycles. The molecule has 0 amide bonds. The predicted molar refractivity (Wildman–Crippen MR) is 77.6 cm³/mol. The smallest absolute Gasteiger partial charge is 0.141 e. The summed E-state index contributed by atoms with van der Waals surface area (Å²) >= 11 is 5.83. The van der Waals surface area contributed by atoms with E-state index in [1.54, 1.807) is 12.1 Å². The number of rotatable bonds is 3. The first-order valence-electron chi connectivity index (χ1n) is 6.58. The Morgan fingerprint density at radius 1 is 1.30 bits per heavy atom. The second-order valence-electron chi connectivity index (χ2n) is 4.96. The molecule has 0 aromatic heterocycles. The van der Waals surface area contributed by atoms with Crippen LogP contribution in [0.15, 0.2) is 42.5 Å². The number of hydrogen-bond acceptors (Lipinski definition) is 2. The standard InChI is InChI=1S/C16H15ClFNO/c1-10(11-6-7-14(18)13(17)8-11)19-15-9-20-16-5-3-2-4-12(15)16/h2-8,10,15,19H,9H2,1H3. The molecule has 1 N–H and O–H groups in total. The van der Waals surface area contributed by atoms with E-state index in [2.05, 4.69) is 11.4 Å². The highest BCUT2D eigenvalue weighted by Gasteiger charge is 2.25. The van der Waals surface area contributed by atoms with Gasteiger partial charge in [0.05, 0.1) is 11.1 Å². The van der Waals surface area contributed by atoms with E-state index < -0.39 is 5.82 Å².